The first-order chi connectivity index (χ1) is 5.99. The third kappa shape index (κ3) is 4.09. The Balaban J connectivity index is 2.41. The van der Waals surface area contributed by atoms with Crippen molar-refractivity contribution in [1.29, 1.82) is 0 Å². The average molecular weight is 205 g/mol. The molecule has 1 N–H and O–H groups in total. The zero-order valence-corrected chi connectivity index (χ0v) is 9.23. The summed E-state index contributed by atoms with van der Waals surface area (Å²) in [5.41, 5.74) is 0. The van der Waals surface area contributed by atoms with E-state index in [2.05, 4.69) is 5.32 Å². The predicted molar refractivity (Wildman–Crippen MR) is 54.5 cm³/mol. The van der Waals surface area contributed by atoms with Crippen LogP contribution in [0.4, 0.5) is 0 Å². The van der Waals surface area contributed by atoms with Crippen molar-refractivity contribution in [3.8, 4) is 0 Å². The van der Waals surface area contributed by atoms with Crippen LogP contribution in [0.25, 0.3) is 0 Å². The summed E-state index contributed by atoms with van der Waals surface area (Å²) in [6.45, 7) is 4.86. The molecule has 4 heteroatoms. The summed E-state index contributed by atoms with van der Waals surface area (Å²) in [6, 6.07) is 0.212. The average Bonchev–Trinajstić information content (AvgIpc) is 2.34. The molecular formula is C9H19NO2S. The summed E-state index contributed by atoms with van der Waals surface area (Å²) in [5.74, 6) is 0.891. The Morgan fingerprint density at radius 3 is 2.62 bits per heavy atom. The molecule has 1 aliphatic rings. The molecule has 0 aromatic heterocycles. The van der Waals surface area contributed by atoms with Crippen LogP contribution in [-0.2, 0) is 9.84 Å². The quantitative estimate of drug-likeness (QED) is 0.739. The maximum absolute atomic E-state index is 11.6. The van der Waals surface area contributed by atoms with Gasteiger partial charge in [0.2, 0.25) is 0 Å². The van der Waals surface area contributed by atoms with E-state index in [4.69, 9.17) is 0 Å². The van der Waals surface area contributed by atoms with Gasteiger partial charge >= 0.3 is 0 Å². The molecule has 0 aromatic rings. The van der Waals surface area contributed by atoms with Gasteiger partial charge in [0.25, 0.3) is 0 Å². The largest absolute Gasteiger partial charge is 0.313 e. The molecule has 0 aliphatic carbocycles. The summed E-state index contributed by atoms with van der Waals surface area (Å²) in [6.07, 6.45) is 2.12. The van der Waals surface area contributed by atoms with E-state index in [-0.39, 0.29) is 12.0 Å². The minimum atomic E-state index is -2.83. The second kappa shape index (κ2) is 4.42. The van der Waals surface area contributed by atoms with Gasteiger partial charge in [0, 0.05) is 6.04 Å². The molecule has 1 heterocycles. The number of sulfone groups is 1. The molecular weight excluding hydrogens is 186 g/mol. The van der Waals surface area contributed by atoms with E-state index in [0.29, 0.717) is 11.5 Å². The Bertz CT molecular complexity index is 240. The van der Waals surface area contributed by atoms with Crippen LogP contribution >= 0.6 is 0 Å². The molecule has 3 nitrogen and oxygen atoms in total. The van der Waals surface area contributed by atoms with E-state index < -0.39 is 9.84 Å². The van der Waals surface area contributed by atoms with Gasteiger partial charge < -0.3 is 5.32 Å². The lowest BCUT2D eigenvalue weighted by Gasteiger charge is -2.11. The van der Waals surface area contributed by atoms with Crippen molar-refractivity contribution in [2.24, 2.45) is 5.92 Å². The highest BCUT2D eigenvalue weighted by molar-refractivity contribution is 7.91. The molecule has 0 bridgehead atoms. The van der Waals surface area contributed by atoms with E-state index >= 15 is 0 Å². The van der Waals surface area contributed by atoms with Gasteiger partial charge in [0.15, 0.2) is 9.84 Å². The SMILES string of the molecule is CC(C)CS(=O)(=O)CC1CCCN1. The molecule has 78 valence electrons. The van der Waals surface area contributed by atoms with Gasteiger partial charge in [-0.05, 0) is 25.3 Å². The zero-order valence-electron chi connectivity index (χ0n) is 8.41. The highest BCUT2D eigenvalue weighted by Crippen LogP contribution is 2.10. The van der Waals surface area contributed by atoms with Gasteiger partial charge in [0.1, 0.15) is 0 Å². The summed E-state index contributed by atoms with van der Waals surface area (Å²) < 4.78 is 23.1. The van der Waals surface area contributed by atoms with E-state index in [0.717, 1.165) is 19.4 Å². The van der Waals surface area contributed by atoms with E-state index in [1.165, 1.54) is 0 Å². The third-order valence-electron chi connectivity index (χ3n) is 2.20. The van der Waals surface area contributed by atoms with Crippen molar-refractivity contribution < 1.29 is 8.42 Å². The normalized spacial score (nSPS) is 24.1. The van der Waals surface area contributed by atoms with Crippen LogP contribution in [-0.4, -0.2) is 32.5 Å². The van der Waals surface area contributed by atoms with Gasteiger partial charge in [-0.2, -0.15) is 0 Å². The molecule has 1 atom stereocenters. The molecule has 1 saturated heterocycles. The molecule has 0 radical (unpaired) electrons. The molecule has 1 rings (SSSR count). The number of hydrogen-bond acceptors (Lipinski definition) is 3. The number of rotatable bonds is 4. The second-order valence-corrected chi connectivity index (χ2v) is 6.42. The summed E-state index contributed by atoms with van der Waals surface area (Å²) in [5, 5.41) is 3.21. The van der Waals surface area contributed by atoms with Crippen molar-refractivity contribution in [3.63, 3.8) is 0 Å². The van der Waals surface area contributed by atoms with Crippen molar-refractivity contribution in [2.75, 3.05) is 18.1 Å². The lowest BCUT2D eigenvalue weighted by molar-refractivity contribution is 0.565. The molecule has 0 spiro atoms. The first-order valence-electron chi connectivity index (χ1n) is 4.93. The van der Waals surface area contributed by atoms with E-state index in [1.807, 2.05) is 13.8 Å². The van der Waals surface area contributed by atoms with Crippen molar-refractivity contribution in [3.05, 3.63) is 0 Å². The third-order valence-corrected chi connectivity index (χ3v) is 4.29. The van der Waals surface area contributed by atoms with Crippen LogP contribution in [0.2, 0.25) is 0 Å². The summed E-state index contributed by atoms with van der Waals surface area (Å²) in [7, 11) is -2.83. The number of nitrogens with one attached hydrogen (secondary N) is 1. The van der Waals surface area contributed by atoms with Gasteiger partial charge in [-0.25, -0.2) is 8.42 Å². The fourth-order valence-corrected chi connectivity index (χ4v) is 3.83. The van der Waals surface area contributed by atoms with Crippen molar-refractivity contribution in [2.45, 2.75) is 32.7 Å². The van der Waals surface area contributed by atoms with Gasteiger partial charge in [0.05, 0.1) is 11.5 Å². The zero-order chi connectivity index (χ0) is 9.90. The molecule has 1 fully saturated rings. The smallest absolute Gasteiger partial charge is 0.152 e. The monoisotopic (exact) mass is 205 g/mol. The maximum Gasteiger partial charge on any atom is 0.152 e. The molecule has 1 aliphatic heterocycles. The highest BCUT2D eigenvalue weighted by Gasteiger charge is 2.22. The second-order valence-electron chi connectivity index (χ2n) is 4.26. The topological polar surface area (TPSA) is 46.2 Å². The Morgan fingerprint density at radius 1 is 1.46 bits per heavy atom. The van der Waals surface area contributed by atoms with Crippen molar-refractivity contribution in [1.82, 2.24) is 5.32 Å². The summed E-state index contributed by atoms with van der Waals surface area (Å²) in [4.78, 5) is 0. The first-order valence-corrected chi connectivity index (χ1v) is 6.75. The van der Waals surface area contributed by atoms with Crippen LogP contribution in [0, 0.1) is 5.92 Å². The Kier molecular flexibility index (Phi) is 3.74. The van der Waals surface area contributed by atoms with Gasteiger partial charge in [-0.1, -0.05) is 13.8 Å². The van der Waals surface area contributed by atoms with Crippen LogP contribution in [0.1, 0.15) is 26.7 Å². The van der Waals surface area contributed by atoms with Crippen LogP contribution in [0.3, 0.4) is 0 Å². The lowest BCUT2D eigenvalue weighted by Crippen LogP contribution is -2.31. The maximum atomic E-state index is 11.6. The Labute approximate surface area is 80.8 Å². The number of hydrogen-bond donors (Lipinski definition) is 1. The summed E-state index contributed by atoms with van der Waals surface area (Å²) >= 11 is 0. The predicted octanol–water partition coefficient (Wildman–Crippen LogP) is 0.809. The molecule has 0 saturated carbocycles. The van der Waals surface area contributed by atoms with Gasteiger partial charge in [-0.3, -0.25) is 0 Å². The highest BCUT2D eigenvalue weighted by atomic mass is 32.2. The van der Waals surface area contributed by atoms with Crippen molar-refractivity contribution >= 4 is 9.84 Å². The standard InChI is InChI=1S/C9H19NO2S/c1-8(2)6-13(11,12)7-9-4-3-5-10-9/h8-10H,3-7H2,1-2H3. The molecule has 0 amide bonds. The minimum absolute atomic E-state index is 0.212. The van der Waals surface area contributed by atoms with Crippen LogP contribution in [0.5, 0.6) is 0 Å². The molecule has 13 heavy (non-hydrogen) atoms. The van der Waals surface area contributed by atoms with E-state index in [9.17, 15) is 8.42 Å². The Hall–Kier alpha value is -0.0900. The Morgan fingerprint density at radius 2 is 2.15 bits per heavy atom. The van der Waals surface area contributed by atoms with Crippen LogP contribution < -0.4 is 5.32 Å². The molecule has 0 aromatic carbocycles. The fraction of sp³-hybridized carbons (Fsp3) is 1.00. The molecule has 1 unspecified atom stereocenters. The lowest BCUT2D eigenvalue weighted by atomic mass is 10.3. The first kappa shape index (κ1) is 11.0. The van der Waals surface area contributed by atoms with Gasteiger partial charge in [-0.15, -0.1) is 0 Å². The van der Waals surface area contributed by atoms with Crippen LogP contribution in [0.15, 0.2) is 0 Å². The fourth-order valence-electron chi connectivity index (χ4n) is 1.78. The minimum Gasteiger partial charge on any atom is -0.313 e. The van der Waals surface area contributed by atoms with E-state index in [1.54, 1.807) is 0 Å².